The summed E-state index contributed by atoms with van der Waals surface area (Å²) in [6.45, 7) is 1.27. The Morgan fingerprint density at radius 2 is 1.84 bits per heavy atom. The average molecular weight is 361 g/mol. The first-order valence-electron chi connectivity index (χ1n) is 8.46. The van der Waals surface area contributed by atoms with Crippen molar-refractivity contribution in [1.82, 2.24) is 14.7 Å². The molecule has 1 saturated heterocycles. The highest BCUT2D eigenvalue weighted by atomic mass is 32.2. The molecule has 2 aliphatic rings. The highest BCUT2D eigenvalue weighted by Gasteiger charge is 2.38. The van der Waals surface area contributed by atoms with Crippen LogP contribution in [-0.2, 0) is 4.79 Å². The fourth-order valence-corrected chi connectivity index (χ4v) is 4.40. The first kappa shape index (κ1) is 17.9. The summed E-state index contributed by atoms with van der Waals surface area (Å²) in [4.78, 5) is 42.8. The number of hydrogen-bond donors (Lipinski definition) is 0. The molecule has 1 fully saturated rings. The average Bonchev–Trinajstić information content (AvgIpc) is 2.75. The van der Waals surface area contributed by atoms with Gasteiger partial charge in [0.25, 0.3) is 11.8 Å². The van der Waals surface area contributed by atoms with Crippen LogP contribution in [0.15, 0.2) is 24.3 Å². The summed E-state index contributed by atoms with van der Waals surface area (Å²) >= 11 is 1.85. The van der Waals surface area contributed by atoms with Crippen molar-refractivity contribution in [3.05, 3.63) is 35.4 Å². The van der Waals surface area contributed by atoms with E-state index in [0.29, 0.717) is 17.7 Å². The van der Waals surface area contributed by atoms with E-state index in [0.717, 1.165) is 29.4 Å². The lowest BCUT2D eigenvalue weighted by atomic mass is 10.1. The van der Waals surface area contributed by atoms with Crippen LogP contribution in [0.3, 0.4) is 0 Å². The molecule has 134 valence electrons. The highest BCUT2D eigenvalue weighted by molar-refractivity contribution is 7.99. The second kappa shape index (κ2) is 7.58. The predicted octanol–water partition coefficient (Wildman–Crippen LogP) is 1.18. The molecule has 1 unspecified atom stereocenters. The van der Waals surface area contributed by atoms with Crippen LogP contribution < -0.4 is 0 Å². The maximum absolute atomic E-state index is 12.9. The minimum atomic E-state index is -0.373. The smallest absolute Gasteiger partial charge is 0.262 e. The predicted molar refractivity (Wildman–Crippen MR) is 97.8 cm³/mol. The van der Waals surface area contributed by atoms with Gasteiger partial charge in [-0.3, -0.25) is 19.3 Å². The van der Waals surface area contributed by atoms with Crippen molar-refractivity contribution >= 4 is 29.5 Å². The number of carbonyl (C=O) groups is 3. The Bertz CT molecular complexity index is 657. The van der Waals surface area contributed by atoms with Gasteiger partial charge in [0.05, 0.1) is 17.2 Å². The second-order valence-corrected chi connectivity index (χ2v) is 7.82. The first-order valence-corrected chi connectivity index (χ1v) is 9.61. The molecule has 0 bridgehead atoms. The van der Waals surface area contributed by atoms with E-state index in [2.05, 4.69) is 4.90 Å². The molecule has 2 aliphatic heterocycles. The zero-order valence-electron chi connectivity index (χ0n) is 14.6. The molecule has 1 atom stereocenters. The summed E-state index contributed by atoms with van der Waals surface area (Å²) in [5.74, 6) is 1.01. The van der Waals surface area contributed by atoms with Gasteiger partial charge in [-0.25, -0.2) is 0 Å². The van der Waals surface area contributed by atoms with Crippen LogP contribution in [0.25, 0.3) is 0 Å². The van der Waals surface area contributed by atoms with Crippen LogP contribution in [0.1, 0.15) is 27.1 Å². The Morgan fingerprint density at radius 3 is 2.44 bits per heavy atom. The second-order valence-electron chi connectivity index (χ2n) is 6.67. The molecule has 0 aromatic heterocycles. The van der Waals surface area contributed by atoms with Gasteiger partial charge in [0, 0.05) is 18.8 Å². The zero-order chi connectivity index (χ0) is 18.0. The molecule has 1 aromatic rings. The van der Waals surface area contributed by atoms with Crippen LogP contribution in [0.4, 0.5) is 0 Å². The molecule has 0 radical (unpaired) electrons. The van der Waals surface area contributed by atoms with Gasteiger partial charge in [-0.1, -0.05) is 12.1 Å². The van der Waals surface area contributed by atoms with Crippen LogP contribution >= 0.6 is 11.8 Å². The van der Waals surface area contributed by atoms with E-state index in [1.54, 1.807) is 24.3 Å². The molecule has 6 nitrogen and oxygen atoms in total. The van der Waals surface area contributed by atoms with E-state index in [4.69, 9.17) is 0 Å². The Morgan fingerprint density at radius 1 is 1.20 bits per heavy atom. The largest absolute Gasteiger partial charge is 0.336 e. The standard InChI is InChI=1S/C18H23N3O3S/c1-19(2)10-13-12-25-9-5-8-20(13)16(22)11-21-17(23)14-6-3-4-7-15(14)18(21)24/h3-4,6-7,13H,5,8-12H2,1-2H3. The lowest BCUT2D eigenvalue weighted by molar-refractivity contribution is -0.133. The SMILES string of the molecule is CN(C)CC1CSCCCN1C(=O)CN1C(=O)c2ccccc2C1=O. The maximum atomic E-state index is 12.9. The number of fused-ring (bicyclic) bond motifs is 1. The zero-order valence-corrected chi connectivity index (χ0v) is 15.4. The highest BCUT2D eigenvalue weighted by Crippen LogP contribution is 2.23. The molecule has 3 rings (SSSR count). The van der Waals surface area contributed by atoms with Gasteiger partial charge in [0.15, 0.2) is 0 Å². The van der Waals surface area contributed by atoms with Crippen molar-refractivity contribution in [2.24, 2.45) is 0 Å². The van der Waals surface area contributed by atoms with Gasteiger partial charge in [0.2, 0.25) is 5.91 Å². The van der Waals surface area contributed by atoms with Crippen molar-refractivity contribution in [3.63, 3.8) is 0 Å². The molecule has 2 heterocycles. The summed E-state index contributed by atoms with van der Waals surface area (Å²) in [5, 5.41) is 0. The normalized spacial score (nSPS) is 20.8. The van der Waals surface area contributed by atoms with E-state index >= 15 is 0 Å². The number of thioether (sulfide) groups is 1. The molecule has 25 heavy (non-hydrogen) atoms. The monoisotopic (exact) mass is 361 g/mol. The molecule has 3 amide bonds. The van der Waals surface area contributed by atoms with E-state index in [-0.39, 0.29) is 30.3 Å². The number of benzene rings is 1. The molecule has 7 heteroatoms. The molecule has 1 aromatic carbocycles. The van der Waals surface area contributed by atoms with Gasteiger partial charge in [-0.05, 0) is 38.4 Å². The van der Waals surface area contributed by atoms with Gasteiger partial charge in [-0.2, -0.15) is 11.8 Å². The number of nitrogens with zero attached hydrogens (tertiary/aromatic N) is 3. The minimum Gasteiger partial charge on any atom is -0.336 e. The van der Waals surface area contributed by atoms with Crippen molar-refractivity contribution in [2.45, 2.75) is 12.5 Å². The van der Waals surface area contributed by atoms with Crippen molar-refractivity contribution < 1.29 is 14.4 Å². The first-order chi connectivity index (χ1) is 12.0. The third-order valence-electron chi connectivity index (χ3n) is 4.51. The maximum Gasteiger partial charge on any atom is 0.262 e. The summed E-state index contributed by atoms with van der Waals surface area (Å²) in [5.41, 5.74) is 0.771. The third kappa shape index (κ3) is 3.72. The topological polar surface area (TPSA) is 60.9 Å². The number of hydrogen-bond acceptors (Lipinski definition) is 5. The van der Waals surface area contributed by atoms with Gasteiger partial charge >= 0.3 is 0 Å². The van der Waals surface area contributed by atoms with Crippen LogP contribution in [0.2, 0.25) is 0 Å². The van der Waals surface area contributed by atoms with E-state index in [1.807, 2.05) is 30.8 Å². The summed E-state index contributed by atoms with van der Waals surface area (Å²) < 4.78 is 0. The van der Waals surface area contributed by atoms with Gasteiger partial charge in [0.1, 0.15) is 6.54 Å². The molecule has 0 spiro atoms. The van der Waals surface area contributed by atoms with E-state index in [9.17, 15) is 14.4 Å². The summed E-state index contributed by atoms with van der Waals surface area (Å²) in [7, 11) is 3.98. The molecule has 0 aliphatic carbocycles. The van der Waals surface area contributed by atoms with Crippen molar-refractivity contribution in [3.8, 4) is 0 Å². The lowest BCUT2D eigenvalue weighted by Gasteiger charge is -2.32. The quantitative estimate of drug-likeness (QED) is 0.754. The fourth-order valence-electron chi connectivity index (χ4n) is 3.34. The fraction of sp³-hybridized carbons (Fsp3) is 0.500. The lowest BCUT2D eigenvalue weighted by Crippen LogP contribution is -2.50. The molecule has 0 saturated carbocycles. The van der Waals surface area contributed by atoms with E-state index in [1.165, 1.54) is 0 Å². The van der Waals surface area contributed by atoms with Crippen LogP contribution in [0.5, 0.6) is 0 Å². The van der Waals surface area contributed by atoms with Gasteiger partial charge in [-0.15, -0.1) is 0 Å². The summed E-state index contributed by atoms with van der Waals surface area (Å²) in [6, 6.07) is 6.84. The number of carbonyl (C=O) groups excluding carboxylic acids is 3. The molecular formula is C18H23N3O3S. The van der Waals surface area contributed by atoms with Crippen molar-refractivity contribution in [2.75, 3.05) is 45.2 Å². The summed E-state index contributed by atoms with van der Waals surface area (Å²) in [6.07, 6.45) is 0.933. The number of rotatable bonds is 4. The number of likely N-dealkylation sites (N-methyl/N-ethyl adjacent to an activating group) is 1. The van der Waals surface area contributed by atoms with Crippen molar-refractivity contribution in [1.29, 1.82) is 0 Å². The van der Waals surface area contributed by atoms with Crippen LogP contribution in [-0.4, -0.2) is 83.7 Å². The Labute approximate surface area is 152 Å². The Balaban J connectivity index is 1.74. The minimum absolute atomic E-state index is 0.102. The Kier molecular flexibility index (Phi) is 5.44. The van der Waals surface area contributed by atoms with Gasteiger partial charge < -0.3 is 9.80 Å². The number of imide groups is 1. The van der Waals surface area contributed by atoms with E-state index < -0.39 is 0 Å². The third-order valence-corrected chi connectivity index (χ3v) is 5.70. The molecule has 0 N–H and O–H groups in total. The number of amides is 3. The molecular weight excluding hydrogens is 338 g/mol. The van der Waals surface area contributed by atoms with Crippen LogP contribution in [0, 0.1) is 0 Å². The Hall–Kier alpha value is -1.86.